The highest BCUT2D eigenvalue weighted by atomic mass is 32.2. The number of nitro benzene ring substituents is 1. The van der Waals surface area contributed by atoms with Crippen LogP contribution in [0.3, 0.4) is 0 Å². The summed E-state index contributed by atoms with van der Waals surface area (Å²) < 4.78 is 27.2. The fourth-order valence-corrected chi connectivity index (χ4v) is 5.30. The van der Waals surface area contributed by atoms with Crippen molar-refractivity contribution in [3.05, 3.63) is 28.3 Å². The molecule has 1 aliphatic heterocycles. The van der Waals surface area contributed by atoms with Crippen LogP contribution in [-0.4, -0.2) is 61.8 Å². The second-order valence-electron chi connectivity index (χ2n) is 7.66. The third-order valence-corrected chi connectivity index (χ3v) is 7.61. The van der Waals surface area contributed by atoms with Crippen molar-refractivity contribution >= 4 is 21.4 Å². The number of nitrogens with one attached hydrogen (secondary N) is 1. The van der Waals surface area contributed by atoms with Gasteiger partial charge in [-0.3, -0.25) is 10.1 Å². The van der Waals surface area contributed by atoms with Gasteiger partial charge in [0, 0.05) is 38.3 Å². The summed E-state index contributed by atoms with van der Waals surface area (Å²) >= 11 is 0. The standard InChI is InChI=1S/C18H28N4O4S/c1-14-5-3-4-6-16(14)19-17-8-7-15(13-18(17)22(23)24)27(25,26)21-11-9-20(2)10-12-21/h7-8,13-14,16,19H,3-6,9-12H2,1-2H3. The van der Waals surface area contributed by atoms with Crippen LogP contribution in [0.1, 0.15) is 32.6 Å². The van der Waals surface area contributed by atoms with Gasteiger partial charge in [-0.05, 0) is 37.9 Å². The van der Waals surface area contributed by atoms with Crippen molar-refractivity contribution in [2.45, 2.75) is 43.5 Å². The molecule has 150 valence electrons. The Bertz CT molecular complexity index is 791. The van der Waals surface area contributed by atoms with Crippen LogP contribution < -0.4 is 5.32 Å². The van der Waals surface area contributed by atoms with Gasteiger partial charge in [0.1, 0.15) is 5.69 Å². The molecule has 27 heavy (non-hydrogen) atoms. The lowest BCUT2D eigenvalue weighted by Crippen LogP contribution is -2.47. The van der Waals surface area contributed by atoms with E-state index in [-0.39, 0.29) is 16.6 Å². The van der Waals surface area contributed by atoms with Crippen molar-refractivity contribution in [3.8, 4) is 0 Å². The largest absolute Gasteiger partial charge is 0.376 e. The van der Waals surface area contributed by atoms with Crippen LogP contribution in [0, 0.1) is 16.0 Å². The van der Waals surface area contributed by atoms with Crippen molar-refractivity contribution < 1.29 is 13.3 Å². The molecule has 0 aromatic heterocycles. The fourth-order valence-electron chi connectivity index (χ4n) is 3.85. The summed E-state index contributed by atoms with van der Waals surface area (Å²) in [5.74, 6) is 0.437. The molecule has 1 saturated heterocycles. The molecule has 1 N–H and O–H groups in total. The number of nitrogens with zero attached hydrogens (tertiary/aromatic N) is 3. The SMILES string of the molecule is CC1CCCCC1Nc1ccc(S(=O)(=O)N2CCN(C)CC2)cc1[N+](=O)[O-]. The van der Waals surface area contributed by atoms with Crippen molar-refractivity contribution in [2.75, 3.05) is 38.5 Å². The van der Waals surface area contributed by atoms with E-state index in [4.69, 9.17) is 0 Å². The molecule has 1 aromatic rings. The molecule has 1 aromatic carbocycles. The monoisotopic (exact) mass is 396 g/mol. The van der Waals surface area contributed by atoms with E-state index >= 15 is 0 Å². The highest BCUT2D eigenvalue weighted by Crippen LogP contribution is 2.33. The predicted molar refractivity (Wildman–Crippen MR) is 104 cm³/mol. The van der Waals surface area contributed by atoms with Gasteiger partial charge in [-0.25, -0.2) is 8.42 Å². The van der Waals surface area contributed by atoms with Crippen molar-refractivity contribution in [2.24, 2.45) is 5.92 Å². The van der Waals surface area contributed by atoms with Crippen LogP contribution >= 0.6 is 0 Å². The Kier molecular flexibility index (Phi) is 6.02. The summed E-state index contributed by atoms with van der Waals surface area (Å²) in [7, 11) is -1.78. The van der Waals surface area contributed by atoms with Gasteiger partial charge in [-0.15, -0.1) is 0 Å². The lowest BCUT2D eigenvalue weighted by molar-refractivity contribution is -0.384. The highest BCUT2D eigenvalue weighted by molar-refractivity contribution is 7.89. The van der Waals surface area contributed by atoms with Gasteiger partial charge in [0.15, 0.2) is 0 Å². The quantitative estimate of drug-likeness (QED) is 0.607. The average Bonchev–Trinajstić information content (AvgIpc) is 2.64. The molecule has 0 bridgehead atoms. The first-order valence-electron chi connectivity index (χ1n) is 9.52. The molecule has 8 nitrogen and oxygen atoms in total. The Morgan fingerprint density at radius 3 is 2.44 bits per heavy atom. The maximum atomic E-state index is 12.9. The van der Waals surface area contributed by atoms with Crippen molar-refractivity contribution in [1.29, 1.82) is 0 Å². The minimum absolute atomic E-state index is 0.0130. The lowest BCUT2D eigenvalue weighted by atomic mass is 9.86. The summed E-state index contributed by atoms with van der Waals surface area (Å²) in [6.07, 6.45) is 4.36. The maximum absolute atomic E-state index is 12.9. The molecule has 2 unspecified atom stereocenters. The van der Waals surface area contributed by atoms with Crippen LogP contribution in [0.25, 0.3) is 0 Å². The minimum atomic E-state index is -3.73. The molecule has 2 fully saturated rings. The number of hydrogen-bond acceptors (Lipinski definition) is 6. The first kappa shape index (κ1) is 20.0. The number of nitro groups is 1. The van der Waals surface area contributed by atoms with E-state index in [0.29, 0.717) is 37.8 Å². The van der Waals surface area contributed by atoms with E-state index in [0.717, 1.165) is 19.3 Å². The molecule has 1 saturated carbocycles. The molecule has 0 spiro atoms. The van der Waals surface area contributed by atoms with E-state index in [1.807, 2.05) is 7.05 Å². The number of rotatable bonds is 5. The zero-order valence-corrected chi connectivity index (χ0v) is 16.7. The smallest absolute Gasteiger partial charge is 0.293 e. The summed E-state index contributed by atoms with van der Waals surface area (Å²) in [4.78, 5) is 13.1. The van der Waals surface area contributed by atoms with Crippen LogP contribution in [0.15, 0.2) is 23.1 Å². The summed E-state index contributed by atoms with van der Waals surface area (Å²) in [6, 6.07) is 4.40. The second-order valence-corrected chi connectivity index (χ2v) is 9.59. The molecule has 2 atom stereocenters. The van der Waals surface area contributed by atoms with E-state index in [1.165, 1.54) is 22.9 Å². The van der Waals surface area contributed by atoms with Crippen LogP contribution in [0.4, 0.5) is 11.4 Å². The third-order valence-electron chi connectivity index (χ3n) is 5.72. The maximum Gasteiger partial charge on any atom is 0.293 e. The van der Waals surface area contributed by atoms with Gasteiger partial charge in [0.25, 0.3) is 5.69 Å². The highest BCUT2D eigenvalue weighted by Gasteiger charge is 2.30. The average molecular weight is 397 g/mol. The van der Waals surface area contributed by atoms with Crippen LogP contribution in [0.5, 0.6) is 0 Å². The summed E-state index contributed by atoms with van der Waals surface area (Å²) in [5, 5.41) is 14.9. The topological polar surface area (TPSA) is 95.8 Å². The molecule has 3 rings (SSSR count). The summed E-state index contributed by atoms with van der Waals surface area (Å²) in [5.41, 5.74) is 0.221. The third kappa shape index (κ3) is 4.41. The zero-order chi connectivity index (χ0) is 19.6. The molecule has 1 aliphatic carbocycles. The zero-order valence-electron chi connectivity index (χ0n) is 15.9. The van der Waals surface area contributed by atoms with E-state index in [2.05, 4.69) is 17.1 Å². The lowest BCUT2D eigenvalue weighted by Gasteiger charge is -2.32. The molecule has 1 heterocycles. The Morgan fingerprint density at radius 1 is 1.15 bits per heavy atom. The molecule has 9 heteroatoms. The Balaban J connectivity index is 1.86. The molecular formula is C18H28N4O4S. The number of anilines is 1. The van der Waals surface area contributed by atoms with Crippen molar-refractivity contribution in [3.63, 3.8) is 0 Å². The van der Waals surface area contributed by atoms with Gasteiger partial charge in [-0.2, -0.15) is 4.31 Å². The number of likely N-dealkylation sites (N-methyl/N-ethyl adjacent to an activating group) is 1. The van der Waals surface area contributed by atoms with E-state index in [1.54, 1.807) is 6.07 Å². The minimum Gasteiger partial charge on any atom is -0.376 e. The van der Waals surface area contributed by atoms with E-state index in [9.17, 15) is 18.5 Å². The van der Waals surface area contributed by atoms with E-state index < -0.39 is 14.9 Å². The number of hydrogen-bond donors (Lipinski definition) is 1. The fraction of sp³-hybridized carbons (Fsp3) is 0.667. The number of benzene rings is 1. The first-order chi connectivity index (χ1) is 12.8. The number of piperazine rings is 1. The first-order valence-corrected chi connectivity index (χ1v) is 11.0. The number of sulfonamides is 1. The van der Waals surface area contributed by atoms with Crippen molar-refractivity contribution in [1.82, 2.24) is 9.21 Å². The van der Waals surface area contributed by atoms with Gasteiger partial charge < -0.3 is 10.2 Å². The molecular weight excluding hydrogens is 368 g/mol. The Hall–Kier alpha value is -1.71. The predicted octanol–water partition coefficient (Wildman–Crippen LogP) is 2.52. The van der Waals surface area contributed by atoms with Gasteiger partial charge in [0.2, 0.25) is 10.0 Å². The Labute approximate surface area is 160 Å². The molecule has 0 radical (unpaired) electrons. The Morgan fingerprint density at radius 2 is 1.81 bits per heavy atom. The van der Waals surface area contributed by atoms with Crippen LogP contribution in [-0.2, 0) is 10.0 Å². The second kappa shape index (κ2) is 8.12. The van der Waals surface area contributed by atoms with Gasteiger partial charge >= 0.3 is 0 Å². The van der Waals surface area contributed by atoms with Gasteiger partial charge in [-0.1, -0.05) is 19.8 Å². The normalized spacial score (nSPS) is 25.3. The molecule has 2 aliphatic rings. The van der Waals surface area contributed by atoms with Gasteiger partial charge in [0.05, 0.1) is 9.82 Å². The summed E-state index contributed by atoms with van der Waals surface area (Å²) in [6.45, 7) is 4.24. The molecule has 0 amide bonds. The van der Waals surface area contributed by atoms with Crippen LogP contribution in [0.2, 0.25) is 0 Å².